The Morgan fingerprint density at radius 1 is 0.564 bits per heavy atom. The number of halogens is 1. The van der Waals surface area contributed by atoms with Crippen molar-refractivity contribution in [1.82, 2.24) is 19.9 Å². The molecule has 3 aromatic carbocycles. The van der Waals surface area contributed by atoms with Crippen LogP contribution < -0.4 is 0 Å². The fraction of sp³-hybridized carbons (Fsp3) is 0. The number of fused-ring (bicyclic) bond motifs is 13. The first-order valence-corrected chi connectivity index (χ1v) is 13.2. The van der Waals surface area contributed by atoms with E-state index in [9.17, 15) is 0 Å². The maximum atomic E-state index is 6.21. The second-order valence-corrected chi connectivity index (χ2v) is 10.3. The average molecular weight is 521 g/mol. The molecule has 8 bridgehead atoms. The third-order valence-electron chi connectivity index (χ3n) is 7.32. The van der Waals surface area contributed by atoms with Gasteiger partial charge in [-0.1, -0.05) is 60.1 Å². The van der Waals surface area contributed by atoms with Crippen molar-refractivity contribution in [2.45, 2.75) is 0 Å². The molecule has 2 N–H and O–H groups in total. The SMILES string of the molecule is Clc1ccc(-c2cc3cc4nc(cc5ccc(cc6nc(cc2[nH]3)-c2ccc3ccccc3c2-6)[nH]5)C=C4)cc1. The summed E-state index contributed by atoms with van der Waals surface area (Å²) in [5.41, 5.74) is 12.0. The minimum absolute atomic E-state index is 0.713. The van der Waals surface area contributed by atoms with Gasteiger partial charge in [0.2, 0.25) is 0 Å². The van der Waals surface area contributed by atoms with E-state index >= 15 is 0 Å². The molecule has 39 heavy (non-hydrogen) atoms. The topological polar surface area (TPSA) is 57.4 Å². The second-order valence-electron chi connectivity index (χ2n) is 9.89. The Morgan fingerprint density at radius 2 is 1.33 bits per heavy atom. The molecular formula is C34H21ClN4. The number of aromatic amines is 2. The molecule has 0 aliphatic carbocycles. The van der Waals surface area contributed by atoms with Gasteiger partial charge < -0.3 is 9.97 Å². The summed E-state index contributed by atoms with van der Waals surface area (Å²) < 4.78 is 0. The first-order chi connectivity index (χ1) is 19.2. The van der Waals surface area contributed by atoms with Gasteiger partial charge in [-0.2, -0.15) is 0 Å². The summed E-state index contributed by atoms with van der Waals surface area (Å²) in [7, 11) is 0. The highest BCUT2D eigenvalue weighted by atomic mass is 35.5. The number of rotatable bonds is 1. The fourth-order valence-electron chi connectivity index (χ4n) is 5.53. The van der Waals surface area contributed by atoms with E-state index in [0.717, 1.165) is 67.1 Å². The highest BCUT2D eigenvalue weighted by Gasteiger charge is 2.19. The minimum Gasteiger partial charge on any atom is -0.355 e. The van der Waals surface area contributed by atoms with Crippen LogP contribution in [0.2, 0.25) is 5.02 Å². The molecule has 184 valence electrons. The third-order valence-corrected chi connectivity index (χ3v) is 7.57. The molecule has 2 aliphatic rings. The van der Waals surface area contributed by atoms with Crippen LogP contribution in [0.25, 0.3) is 78.6 Å². The van der Waals surface area contributed by atoms with Gasteiger partial charge in [0, 0.05) is 43.8 Å². The van der Waals surface area contributed by atoms with Crippen LogP contribution in [0.3, 0.4) is 0 Å². The lowest BCUT2D eigenvalue weighted by molar-refractivity contribution is 1.32. The number of benzene rings is 3. The minimum atomic E-state index is 0.713. The van der Waals surface area contributed by atoms with Crippen molar-refractivity contribution in [3.05, 3.63) is 120 Å². The largest absolute Gasteiger partial charge is 0.355 e. The highest BCUT2D eigenvalue weighted by molar-refractivity contribution is 6.30. The standard InChI is InChI=1S/C34H21ClN4/c35-22-8-5-21(6-9-22)30-17-27-16-25-11-10-23(36-25)15-24-12-13-26(37-24)18-33-34-28-4-2-1-3-20(28)7-14-29(34)31(39-33)19-32(30)38-27/h1-19,37-38H. The van der Waals surface area contributed by atoms with E-state index in [2.05, 4.69) is 101 Å². The van der Waals surface area contributed by atoms with E-state index in [1.807, 2.05) is 24.3 Å². The van der Waals surface area contributed by atoms with E-state index in [0.29, 0.717) is 5.02 Å². The molecule has 0 saturated heterocycles. The van der Waals surface area contributed by atoms with E-state index in [4.69, 9.17) is 21.6 Å². The summed E-state index contributed by atoms with van der Waals surface area (Å²) in [4.78, 5) is 17.1. The van der Waals surface area contributed by atoms with Crippen molar-refractivity contribution >= 4 is 56.6 Å². The van der Waals surface area contributed by atoms with Gasteiger partial charge in [-0.15, -0.1) is 0 Å². The number of H-pyrrole nitrogens is 2. The van der Waals surface area contributed by atoms with Gasteiger partial charge in [0.1, 0.15) is 0 Å². The zero-order valence-corrected chi connectivity index (χ0v) is 21.5. The van der Waals surface area contributed by atoms with Crippen molar-refractivity contribution < 1.29 is 0 Å². The molecule has 0 spiro atoms. The molecule has 3 aromatic heterocycles. The van der Waals surface area contributed by atoms with Crippen LogP contribution in [0.5, 0.6) is 0 Å². The quantitative estimate of drug-likeness (QED) is 0.226. The molecule has 4 nitrogen and oxygen atoms in total. The lowest BCUT2D eigenvalue weighted by Gasteiger charge is -2.05. The zero-order valence-electron chi connectivity index (χ0n) is 20.7. The first-order valence-electron chi connectivity index (χ1n) is 12.9. The molecule has 0 radical (unpaired) electrons. The van der Waals surface area contributed by atoms with Gasteiger partial charge in [0.15, 0.2) is 0 Å². The summed E-state index contributed by atoms with van der Waals surface area (Å²) in [5.74, 6) is 0. The lowest BCUT2D eigenvalue weighted by atomic mass is 9.97. The van der Waals surface area contributed by atoms with Crippen molar-refractivity contribution in [2.24, 2.45) is 0 Å². The highest BCUT2D eigenvalue weighted by Crippen LogP contribution is 2.41. The Bertz CT molecular complexity index is 2130. The van der Waals surface area contributed by atoms with Crippen molar-refractivity contribution in [1.29, 1.82) is 0 Å². The van der Waals surface area contributed by atoms with Gasteiger partial charge in [0.05, 0.1) is 22.8 Å². The molecular weight excluding hydrogens is 500 g/mol. The van der Waals surface area contributed by atoms with Crippen molar-refractivity contribution in [2.75, 3.05) is 0 Å². The van der Waals surface area contributed by atoms with E-state index in [-0.39, 0.29) is 0 Å². The van der Waals surface area contributed by atoms with Crippen LogP contribution in [0.1, 0.15) is 11.4 Å². The summed E-state index contributed by atoms with van der Waals surface area (Å²) in [6.07, 6.45) is 4.07. The number of hydrogen-bond acceptors (Lipinski definition) is 2. The van der Waals surface area contributed by atoms with Gasteiger partial charge in [-0.25, -0.2) is 9.97 Å². The lowest BCUT2D eigenvalue weighted by Crippen LogP contribution is -1.81. The Balaban J connectivity index is 1.50. The number of nitrogens with zero attached hydrogens (tertiary/aromatic N) is 2. The molecule has 2 aliphatic heterocycles. The van der Waals surface area contributed by atoms with E-state index < -0.39 is 0 Å². The number of aromatic nitrogens is 4. The van der Waals surface area contributed by atoms with Gasteiger partial charge in [-0.05, 0) is 83.1 Å². The maximum Gasteiger partial charge on any atom is 0.0743 e. The predicted octanol–water partition coefficient (Wildman–Crippen LogP) is 9.29. The molecule has 8 rings (SSSR count). The molecule has 0 unspecified atom stereocenters. The molecule has 0 saturated carbocycles. The van der Waals surface area contributed by atoms with Crippen LogP contribution in [0.4, 0.5) is 0 Å². The van der Waals surface area contributed by atoms with E-state index in [1.54, 1.807) is 0 Å². The Hall–Kier alpha value is -4.93. The van der Waals surface area contributed by atoms with Gasteiger partial charge in [0.25, 0.3) is 0 Å². The number of hydrogen-bond donors (Lipinski definition) is 2. The predicted molar refractivity (Wildman–Crippen MR) is 162 cm³/mol. The average Bonchev–Trinajstić information content (AvgIpc) is 3.73. The monoisotopic (exact) mass is 520 g/mol. The van der Waals surface area contributed by atoms with Gasteiger partial charge >= 0.3 is 0 Å². The Kier molecular flexibility index (Phi) is 4.84. The fourth-order valence-corrected chi connectivity index (χ4v) is 5.66. The van der Waals surface area contributed by atoms with Crippen LogP contribution in [0.15, 0.2) is 103 Å². The van der Waals surface area contributed by atoms with Crippen LogP contribution >= 0.6 is 11.6 Å². The molecule has 5 heteroatoms. The summed E-state index contributed by atoms with van der Waals surface area (Å²) in [5, 5.41) is 3.10. The first kappa shape index (κ1) is 22.1. The Morgan fingerprint density at radius 3 is 2.18 bits per heavy atom. The third kappa shape index (κ3) is 3.85. The van der Waals surface area contributed by atoms with Gasteiger partial charge in [-0.3, -0.25) is 0 Å². The van der Waals surface area contributed by atoms with Crippen molar-refractivity contribution in [3.63, 3.8) is 0 Å². The summed E-state index contributed by atoms with van der Waals surface area (Å²) in [6, 6.07) is 35.5. The molecule has 0 amide bonds. The van der Waals surface area contributed by atoms with Crippen LogP contribution in [-0.2, 0) is 0 Å². The van der Waals surface area contributed by atoms with Crippen molar-refractivity contribution in [3.8, 4) is 33.6 Å². The molecule has 0 fully saturated rings. The number of nitrogens with one attached hydrogen (secondary N) is 2. The zero-order chi connectivity index (χ0) is 25.9. The molecule has 5 heterocycles. The molecule has 0 atom stereocenters. The van der Waals surface area contributed by atoms with Crippen LogP contribution in [-0.4, -0.2) is 19.9 Å². The second kappa shape index (κ2) is 8.55. The Labute approximate surface area is 229 Å². The van der Waals surface area contributed by atoms with Crippen LogP contribution in [0, 0.1) is 0 Å². The summed E-state index contributed by atoms with van der Waals surface area (Å²) in [6.45, 7) is 0. The summed E-state index contributed by atoms with van der Waals surface area (Å²) >= 11 is 6.21. The smallest absolute Gasteiger partial charge is 0.0743 e. The maximum absolute atomic E-state index is 6.21. The normalized spacial score (nSPS) is 12.1. The molecule has 6 aromatic rings. The van der Waals surface area contributed by atoms with E-state index in [1.165, 1.54) is 10.8 Å².